The lowest BCUT2D eigenvalue weighted by Gasteiger charge is -2.31. The van der Waals surface area contributed by atoms with E-state index >= 15 is 0 Å². The molecule has 1 aliphatic heterocycles. The fourth-order valence-corrected chi connectivity index (χ4v) is 3.50. The quantitative estimate of drug-likeness (QED) is 0.791. The van der Waals surface area contributed by atoms with E-state index < -0.39 is 5.82 Å². The van der Waals surface area contributed by atoms with Gasteiger partial charge in [0.2, 0.25) is 0 Å². The zero-order valence-corrected chi connectivity index (χ0v) is 10.9. The van der Waals surface area contributed by atoms with E-state index in [0.717, 1.165) is 19.4 Å². The van der Waals surface area contributed by atoms with Gasteiger partial charge < -0.3 is 10.6 Å². The molecule has 2 N–H and O–H groups in total. The number of nitrogen functional groups attached to an aromatic ring is 1. The minimum absolute atomic E-state index is 0.00102. The van der Waals surface area contributed by atoms with Crippen molar-refractivity contribution in [2.75, 3.05) is 12.3 Å². The van der Waals surface area contributed by atoms with E-state index in [9.17, 15) is 9.18 Å². The van der Waals surface area contributed by atoms with Crippen LogP contribution in [0.2, 0.25) is 0 Å². The summed E-state index contributed by atoms with van der Waals surface area (Å²) >= 11 is 0. The van der Waals surface area contributed by atoms with Crippen LogP contribution in [0.1, 0.15) is 42.5 Å². The van der Waals surface area contributed by atoms with Crippen LogP contribution in [0.3, 0.4) is 0 Å². The predicted molar refractivity (Wildman–Crippen MR) is 72.2 cm³/mol. The summed E-state index contributed by atoms with van der Waals surface area (Å²) in [6.07, 6.45) is 5.93. The van der Waals surface area contributed by atoms with Gasteiger partial charge in [-0.15, -0.1) is 0 Å². The Morgan fingerprint density at radius 3 is 2.84 bits per heavy atom. The molecule has 4 heteroatoms. The van der Waals surface area contributed by atoms with Gasteiger partial charge in [0.1, 0.15) is 5.82 Å². The average Bonchev–Trinajstić information content (AvgIpc) is 2.85. The van der Waals surface area contributed by atoms with Crippen LogP contribution in [0.25, 0.3) is 0 Å². The number of carbonyl (C=O) groups is 1. The number of likely N-dealkylation sites (tertiary alicyclic amines) is 1. The number of hydrogen-bond acceptors (Lipinski definition) is 2. The van der Waals surface area contributed by atoms with Crippen molar-refractivity contribution in [1.82, 2.24) is 4.90 Å². The molecule has 2 atom stereocenters. The van der Waals surface area contributed by atoms with E-state index in [1.54, 1.807) is 0 Å². The highest BCUT2D eigenvalue weighted by Crippen LogP contribution is 2.36. The van der Waals surface area contributed by atoms with Gasteiger partial charge >= 0.3 is 0 Å². The largest absolute Gasteiger partial charge is 0.396 e. The van der Waals surface area contributed by atoms with Gasteiger partial charge in [-0.2, -0.15) is 0 Å². The summed E-state index contributed by atoms with van der Waals surface area (Å²) in [5.41, 5.74) is 6.09. The molecule has 1 aliphatic carbocycles. The molecule has 2 aliphatic rings. The third kappa shape index (κ3) is 2.20. The van der Waals surface area contributed by atoms with Gasteiger partial charge in [0.25, 0.3) is 5.91 Å². The van der Waals surface area contributed by atoms with Crippen molar-refractivity contribution in [1.29, 1.82) is 0 Å². The Labute approximate surface area is 112 Å². The molecule has 3 rings (SSSR count). The van der Waals surface area contributed by atoms with Crippen LogP contribution in [0.15, 0.2) is 18.2 Å². The summed E-state index contributed by atoms with van der Waals surface area (Å²) in [5.74, 6) is 0.199. The maximum atomic E-state index is 13.2. The lowest BCUT2D eigenvalue weighted by Crippen LogP contribution is -2.39. The molecule has 0 radical (unpaired) electrons. The van der Waals surface area contributed by atoms with Crippen LogP contribution >= 0.6 is 0 Å². The van der Waals surface area contributed by atoms with E-state index in [1.807, 2.05) is 4.90 Å². The van der Waals surface area contributed by atoms with E-state index in [2.05, 4.69) is 0 Å². The zero-order valence-electron chi connectivity index (χ0n) is 10.9. The maximum Gasteiger partial charge on any atom is 0.254 e. The molecule has 1 saturated carbocycles. The second-order valence-corrected chi connectivity index (χ2v) is 5.64. The number of anilines is 1. The number of nitrogens with two attached hydrogens (primary N) is 1. The number of carbonyl (C=O) groups excluding carboxylic acids is 1. The SMILES string of the molecule is Nc1cc(C(=O)N2CCC3CCCCC32)ccc1F. The summed E-state index contributed by atoms with van der Waals surface area (Å²) in [6.45, 7) is 0.825. The first-order valence-electron chi connectivity index (χ1n) is 7.03. The molecule has 2 unspecified atom stereocenters. The molecule has 1 aromatic carbocycles. The third-order valence-electron chi connectivity index (χ3n) is 4.51. The van der Waals surface area contributed by atoms with Crippen LogP contribution < -0.4 is 5.73 Å². The fraction of sp³-hybridized carbons (Fsp3) is 0.533. The molecule has 3 nitrogen and oxygen atoms in total. The van der Waals surface area contributed by atoms with Crippen molar-refractivity contribution >= 4 is 11.6 Å². The molecule has 1 amide bonds. The number of fused-ring (bicyclic) bond motifs is 1. The molecular formula is C15H19FN2O. The van der Waals surface area contributed by atoms with Crippen molar-refractivity contribution in [3.05, 3.63) is 29.6 Å². The first-order valence-corrected chi connectivity index (χ1v) is 7.03. The zero-order chi connectivity index (χ0) is 13.4. The second kappa shape index (κ2) is 4.83. The van der Waals surface area contributed by atoms with Gasteiger partial charge in [0, 0.05) is 18.2 Å². The summed E-state index contributed by atoms with van der Waals surface area (Å²) in [7, 11) is 0. The van der Waals surface area contributed by atoms with Crippen molar-refractivity contribution in [2.24, 2.45) is 5.92 Å². The highest BCUT2D eigenvalue weighted by molar-refractivity contribution is 5.95. The lowest BCUT2D eigenvalue weighted by atomic mass is 9.85. The van der Waals surface area contributed by atoms with Crippen LogP contribution in [-0.4, -0.2) is 23.4 Å². The standard InChI is InChI=1S/C15H19FN2O/c16-12-6-5-11(9-13(12)17)15(19)18-8-7-10-3-1-2-4-14(10)18/h5-6,9-10,14H,1-4,7-8,17H2. The Balaban J connectivity index is 1.81. The highest BCUT2D eigenvalue weighted by Gasteiger charge is 2.38. The van der Waals surface area contributed by atoms with Crippen LogP contribution in [0.5, 0.6) is 0 Å². The number of halogens is 1. The van der Waals surface area contributed by atoms with Crippen molar-refractivity contribution < 1.29 is 9.18 Å². The summed E-state index contributed by atoms with van der Waals surface area (Å²) in [4.78, 5) is 14.5. The second-order valence-electron chi connectivity index (χ2n) is 5.64. The van der Waals surface area contributed by atoms with Gasteiger partial charge in [-0.25, -0.2) is 4.39 Å². The normalized spacial score (nSPS) is 26.3. The average molecular weight is 262 g/mol. The molecule has 2 fully saturated rings. The van der Waals surface area contributed by atoms with Gasteiger partial charge in [-0.3, -0.25) is 4.79 Å². The van der Waals surface area contributed by atoms with E-state index in [0.29, 0.717) is 17.5 Å². The fourth-order valence-electron chi connectivity index (χ4n) is 3.50. The number of nitrogens with zero attached hydrogens (tertiary/aromatic N) is 1. The number of hydrogen-bond donors (Lipinski definition) is 1. The molecule has 102 valence electrons. The van der Waals surface area contributed by atoms with Crippen LogP contribution in [0.4, 0.5) is 10.1 Å². The van der Waals surface area contributed by atoms with Crippen LogP contribution in [-0.2, 0) is 0 Å². The Hall–Kier alpha value is -1.58. The predicted octanol–water partition coefficient (Wildman–Crippen LogP) is 2.81. The number of benzene rings is 1. The molecule has 0 bridgehead atoms. The van der Waals surface area contributed by atoms with Gasteiger partial charge in [-0.1, -0.05) is 12.8 Å². The Kier molecular flexibility index (Phi) is 3.17. The Bertz CT molecular complexity index is 503. The Morgan fingerprint density at radius 1 is 1.26 bits per heavy atom. The smallest absolute Gasteiger partial charge is 0.254 e. The summed E-state index contributed by atoms with van der Waals surface area (Å²) in [6, 6.07) is 4.64. The first kappa shape index (κ1) is 12.5. The minimum Gasteiger partial charge on any atom is -0.396 e. The molecule has 1 saturated heterocycles. The lowest BCUT2D eigenvalue weighted by molar-refractivity contribution is 0.0690. The van der Waals surface area contributed by atoms with Crippen molar-refractivity contribution in [2.45, 2.75) is 38.1 Å². The number of amides is 1. The van der Waals surface area contributed by atoms with Gasteiger partial charge in [0.15, 0.2) is 0 Å². The maximum absolute atomic E-state index is 13.2. The third-order valence-corrected chi connectivity index (χ3v) is 4.51. The minimum atomic E-state index is -0.464. The molecule has 0 spiro atoms. The molecular weight excluding hydrogens is 243 g/mol. The summed E-state index contributed by atoms with van der Waals surface area (Å²) < 4.78 is 13.2. The highest BCUT2D eigenvalue weighted by atomic mass is 19.1. The van der Waals surface area contributed by atoms with E-state index in [1.165, 1.54) is 37.5 Å². The van der Waals surface area contributed by atoms with Crippen LogP contribution in [0, 0.1) is 11.7 Å². The van der Waals surface area contributed by atoms with Crippen molar-refractivity contribution in [3.63, 3.8) is 0 Å². The Morgan fingerprint density at radius 2 is 2.05 bits per heavy atom. The first-order chi connectivity index (χ1) is 9.16. The molecule has 19 heavy (non-hydrogen) atoms. The van der Waals surface area contributed by atoms with E-state index in [-0.39, 0.29) is 11.6 Å². The van der Waals surface area contributed by atoms with Gasteiger partial charge in [0.05, 0.1) is 5.69 Å². The topological polar surface area (TPSA) is 46.3 Å². The van der Waals surface area contributed by atoms with E-state index in [4.69, 9.17) is 5.73 Å². The molecule has 1 aromatic rings. The molecule has 1 heterocycles. The molecule has 0 aromatic heterocycles. The number of rotatable bonds is 1. The van der Waals surface area contributed by atoms with Crippen molar-refractivity contribution in [3.8, 4) is 0 Å². The van der Waals surface area contributed by atoms with Gasteiger partial charge in [-0.05, 0) is 43.4 Å². The monoisotopic (exact) mass is 262 g/mol. The summed E-state index contributed by atoms with van der Waals surface area (Å²) in [5, 5.41) is 0.